The Labute approximate surface area is 145 Å². The molecule has 6 heteroatoms. The molecule has 1 heterocycles. The van der Waals surface area contributed by atoms with Crippen LogP contribution in [-0.2, 0) is 0 Å². The quantitative estimate of drug-likeness (QED) is 0.786. The molecule has 4 nitrogen and oxygen atoms in total. The minimum atomic E-state index is -0.0383. The predicted octanol–water partition coefficient (Wildman–Crippen LogP) is 2.98. The van der Waals surface area contributed by atoms with Gasteiger partial charge in [0.15, 0.2) is 11.6 Å². The maximum absolute atomic E-state index is 12.8. The van der Waals surface area contributed by atoms with Crippen molar-refractivity contribution in [1.82, 2.24) is 4.90 Å². The van der Waals surface area contributed by atoms with Gasteiger partial charge in [-0.25, -0.2) is 0 Å². The molecule has 3 rings (SSSR count). The summed E-state index contributed by atoms with van der Waals surface area (Å²) in [7, 11) is 0. The smallest absolute Gasteiger partial charge is 0.190 e. The zero-order valence-electron chi connectivity index (χ0n) is 11.9. The lowest BCUT2D eigenvalue weighted by atomic mass is 9.82. The second-order valence-electron chi connectivity index (χ2n) is 5.49. The second-order valence-corrected chi connectivity index (χ2v) is 7.20. The number of ketones is 2. The van der Waals surface area contributed by atoms with Gasteiger partial charge in [-0.05, 0) is 56.8 Å². The number of hydrogen-bond acceptors (Lipinski definition) is 4. The molecule has 0 amide bonds. The summed E-state index contributed by atoms with van der Waals surface area (Å²) in [4.78, 5) is 27.6. The highest BCUT2D eigenvalue weighted by Crippen LogP contribution is 2.36. The highest BCUT2D eigenvalue weighted by atomic mass is 79.9. The lowest BCUT2D eigenvalue weighted by Gasteiger charge is -2.20. The summed E-state index contributed by atoms with van der Waals surface area (Å²) in [5.41, 5.74) is 2.25. The average Bonchev–Trinajstić information content (AvgIpc) is 2.70. The largest absolute Gasteiger partial charge is 0.395 e. The topological polar surface area (TPSA) is 57.6 Å². The normalized spacial score (nSPS) is 19.0. The number of rotatable bonds is 2. The Kier molecular flexibility index (Phi) is 4.64. The molecule has 0 saturated heterocycles. The number of carbonyl (C=O) groups is 2. The Hall–Kier alpha value is -0.820. The van der Waals surface area contributed by atoms with E-state index < -0.39 is 0 Å². The first kappa shape index (κ1) is 16.1. The summed E-state index contributed by atoms with van der Waals surface area (Å²) in [6.07, 6.45) is 1.13. The van der Waals surface area contributed by atoms with Gasteiger partial charge in [0, 0.05) is 50.9 Å². The average molecular weight is 429 g/mol. The van der Waals surface area contributed by atoms with Gasteiger partial charge in [0.05, 0.1) is 6.61 Å². The van der Waals surface area contributed by atoms with Gasteiger partial charge in [-0.3, -0.25) is 9.59 Å². The fourth-order valence-electron chi connectivity index (χ4n) is 3.07. The first-order valence-corrected chi connectivity index (χ1v) is 8.75. The van der Waals surface area contributed by atoms with Crippen molar-refractivity contribution in [3.8, 4) is 0 Å². The summed E-state index contributed by atoms with van der Waals surface area (Å²) in [6, 6.07) is 3.44. The highest BCUT2D eigenvalue weighted by Gasteiger charge is 2.34. The van der Waals surface area contributed by atoms with Crippen molar-refractivity contribution in [1.29, 1.82) is 0 Å². The number of fused-ring (bicyclic) bond motifs is 1. The zero-order valence-corrected chi connectivity index (χ0v) is 15.0. The fraction of sp³-hybridized carbons (Fsp3) is 0.375. The molecule has 1 aromatic rings. The van der Waals surface area contributed by atoms with Crippen LogP contribution >= 0.6 is 31.9 Å². The summed E-state index contributed by atoms with van der Waals surface area (Å²) in [5, 5.41) is 9.08. The summed E-state index contributed by atoms with van der Waals surface area (Å²) in [6.45, 7) is 2.07. The Balaban J connectivity index is 2.00. The Morgan fingerprint density at radius 1 is 0.955 bits per heavy atom. The number of benzene rings is 1. The Bertz CT molecular complexity index is 642. The van der Waals surface area contributed by atoms with Crippen LogP contribution in [0.1, 0.15) is 33.6 Å². The van der Waals surface area contributed by atoms with E-state index in [1.54, 1.807) is 12.1 Å². The van der Waals surface area contributed by atoms with Crippen LogP contribution in [0.3, 0.4) is 0 Å². The van der Waals surface area contributed by atoms with E-state index in [1.807, 2.05) is 0 Å². The van der Waals surface area contributed by atoms with Gasteiger partial charge in [-0.2, -0.15) is 0 Å². The van der Waals surface area contributed by atoms with Crippen LogP contribution in [0.4, 0.5) is 0 Å². The van der Waals surface area contributed by atoms with Gasteiger partial charge >= 0.3 is 0 Å². The van der Waals surface area contributed by atoms with E-state index in [2.05, 4.69) is 36.8 Å². The van der Waals surface area contributed by atoms with Gasteiger partial charge < -0.3 is 10.0 Å². The van der Waals surface area contributed by atoms with Gasteiger partial charge in [-0.15, -0.1) is 0 Å². The van der Waals surface area contributed by atoms with Gasteiger partial charge in [-0.1, -0.05) is 0 Å². The molecule has 0 aromatic heterocycles. The molecule has 2 aliphatic rings. The third-order valence-electron chi connectivity index (χ3n) is 4.23. The van der Waals surface area contributed by atoms with E-state index >= 15 is 0 Å². The molecule has 0 unspecified atom stereocenters. The van der Waals surface area contributed by atoms with E-state index in [-0.39, 0.29) is 18.2 Å². The molecule has 0 radical (unpaired) electrons. The first-order valence-electron chi connectivity index (χ1n) is 7.16. The maximum Gasteiger partial charge on any atom is 0.190 e. The van der Waals surface area contributed by atoms with E-state index in [0.29, 0.717) is 54.7 Å². The Morgan fingerprint density at radius 2 is 1.41 bits per heavy atom. The number of aliphatic hydroxyl groups excluding tert-OH is 1. The third kappa shape index (κ3) is 2.73. The van der Waals surface area contributed by atoms with Crippen molar-refractivity contribution in [3.63, 3.8) is 0 Å². The molecular formula is C16H15Br2NO3. The van der Waals surface area contributed by atoms with Crippen LogP contribution < -0.4 is 0 Å². The third-order valence-corrected chi connectivity index (χ3v) is 6.08. The maximum atomic E-state index is 12.8. The summed E-state index contributed by atoms with van der Waals surface area (Å²) >= 11 is 6.79. The molecule has 0 saturated carbocycles. The second kappa shape index (κ2) is 6.35. The predicted molar refractivity (Wildman–Crippen MR) is 90.3 cm³/mol. The van der Waals surface area contributed by atoms with Crippen molar-refractivity contribution in [2.24, 2.45) is 0 Å². The lowest BCUT2D eigenvalue weighted by Crippen LogP contribution is -2.28. The molecule has 1 N–H and O–H groups in total. The highest BCUT2D eigenvalue weighted by molar-refractivity contribution is 9.13. The van der Waals surface area contributed by atoms with Crippen molar-refractivity contribution in [3.05, 3.63) is 43.4 Å². The van der Waals surface area contributed by atoms with Gasteiger partial charge in [0.2, 0.25) is 0 Å². The van der Waals surface area contributed by atoms with Gasteiger partial charge in [0.1, 0.15) is 0 Å². The lowest BCUT2D eigenvalue weighted by molar-refractivity contribution is 0.0970. The number of β-amino-alcohol motifs (C(OH)–C–C–N with tert-alkyl or cyclic N) is 1. The fourth-order valence-corrected chi connectivity index (χ4v) is 3.75. The molecule has 116 valence electrons. The number of aliphatic hydroxyl groups is 1. The van der Waals surface area contributed by atoms with E-state index in [1.165, 1.54) is 0 Å². The number of hydrogen-bond donors (Lipinski definition) is 1. The van der Waals surface area contributed by atoms with Crippen LogP contribution in [0.25, 0.3) is 0 Å². The summed E-state index contributed by atoms with van der Waals surface area (Å²) < 4.78 is 1.54. The SMILES string of the molecule is O=C1C2=C(CCN(CCO)CC2)C(=O)c2cc(Br)c(Br)cc21. The first-order chi connectivity index (χ1) is 10.5. The zero-order chi connectivity index (χ0) is 15.9. The summed E-state index contributed by atoms with van der Waals surface area (Å²) in [5.74, 6) is -0.0766. The van der Waals surface area contributed by atoms with Crippen LogP contribution in [-0.4, -0.2) is 47.8 Å². The minimum Gasteiger partial charge on any atom is -0.395 e. The van der Waals surface area contributed by atoms with Crippen LogP contribution in [0, 0.1) is 0 Å². The number of nitrogens with zero attached hydrogens (tertiary/aromatic N) is 1. The molecule has 0 spiro atoms. The van der Waals surface area contributed by atoms with Crippen molar-refractivity contribution >= 4 is 43.4 Å². The van der Waals surface area contributed by atoms with Crippen molar-refractivity contribution < 1.29 is 14.7 Å². The molecule has 1 aromatic carbocycles. The molecule has 1 aliphatic carbocycles. The number of Topliss-reactive ketones (excluding diaryl/α,β-unsaturated/α-hetero) is 2. The van der Waals surface area contributed by atoms with Crippen molar-refractivity contribution in [2.75, 3.05) is 26.2 Å². The Morgan fingerprint density at radius 3 is 1.82 bits per heavy atom. The van der Waals surface area contributed by atoms with Crippen molar-refractivity contribution in [2.45, 2.75) is 12.8 Å². The van der Waals surface area contributed by atoms with E-state index in [9.17, 15) is 9.59 Å². The van der Waals surface area contributed by atoms with Crippen LogP contribution in [0.5, 0.6) is 0 Å². The molecule has 0 bridgehead atoms. The monoisotopic (exact) mass is 427 g/mol. The molecule has 1 aliphatic heterocycles. The standard InChI is InChI=1S/C16H15Br2NO3/c17-13-7-11-12(8-14(13)18)16(22)10-2-4-19(5-6-20)3-1-9(10)15(11)21/h7-8,20H,1-6H2. The number of carbonyl (C=O) groups excluding carboxylic acids is 2. The molecule has 0 atom stereocenters. The molecule has 22 heavy (non-hydrogen) atoms. The van der Waals surface area contributed by atoms with Crippen LogP contribution in [0.15, 0.2) is 32.2 Å². The molecular weight excluding hydrogens is 414 g/mol. The van der Waals surface area contributed by atoms with Gasteiger partial charge in [0.25, 0.3) is 0 Å². The number of halogens is 2. The molecule has 0 fully saturated rings. The van der Waals surface area contributed by atoms with E-state index in [4.69, 9.17) is 5.11 Å². The minimum absolute atomic E-state index is 0.0383. The van der Waals surface area contributed by atoms with Crippen LogP contribution in [0.2, 0.25) is 0 Å². The van der Waals surface area contributed by atoms with E-state index in [0.717, 1.165) is 8.95 Å².